The standard InChI is InChI=1S/C15H20N4O2/c1-3-5-8-21-14-7-6-13(9-15(14)20-4-2)10-18-19-11-16-17-12-19/h6-7,9-12H,3-5,8H2,1-2H3/b18-10-. The first-order chi connectivity index (χ1) is 10.3. The van der Waals surface area contributed by atoms with Gasteiger partial charge < -0.3 is 9.47 Å². The number of hydrogen-bond donors (Lipinski definition) is 0. The fourth-order valence-electron chi connectivity index (χ4n) is 1.71. The number of nitrogens with zero attached hydrogens (tertiary/aromatic N) is 4. The molecule has 112 valence electrons. The van der Waals surface area contributed by atoms with E-state index in [0.717, 1.165) is 29.9 Å². The topological polar surface area (TPSA) is 61.5 Å². The van der Waals surface area contributed by atoms with E-state index in [1.165, 1.54) is 17.3 Å². The van der Waals surface area contributed by atoms with Gasteiger partial charge in [0, 0.05) is 0 Å². The van der Waals surface area contributed by atoms with Gasteiger partial charge in [-0.1, -0.05) is 13.3 Å². The molecule has 0 fully saturated rings. The molecule has 6 nitrogen and oxygen atoms in total. The zero-order valence-electron chi connectivity index (χ0n) is 12.4. The van der Waals surface area contributed by atoms with E-state index >= 15 is 0 Å². The van der Waals surface area contributed by atoms with Gasteiger partial charge in [-0.2, -0.15) is 5.10 Å². The number of hydrogen-bond acceptors (Lipinski definition) is 5. The van der Waals surface area contributed by atoms with Crippen molar-refractivity contribution in [3.8, 4) is 11.5 Å². The number of aromatic nitrogens is 3. The molecule has 0 aliphatic carbocycles. The summed E-state index contributed by atoms with van der Waals surface area (Å²) in [5.41, 5.74) is 0.926. The lowest BCUT2D eigenvalue weighted by Crippen LogP contribution is -2.01. The average Bonchev–Trinajstić information content (AvgIpc) is 3.01. The predicted octanol–water partition coefficient (Wildman–Crippen LogP) is 2.74. The van der Waals surface area contributed by atoms with E-state index in [4.69, 9.17) is 9.47 Å². The summed E-state index contributed by atoms with van der Waals surface area (Å²) < 4.78 is 12.9. The molecular weight excluding hydrogens is 268 g/mol. The maximum absolute atomic E-state index is 5.74. The van der Waals surface area contributed by atoms with Crippen LogP contribution in [0.1, 0.15) is 32.3 Å². The van der Waals surface area contributed by atoms with Gasteiger partial charge in [0.05, 0.1) is 19.4 Å². The van der Waals surface area contributed by atoms with E-state index in [-0.39, 0.29) is 0 Å². The lowest BCUT2D eigenvalue weighted by Gasteiger charge is -2.12. The number of benzene rings is 1. The molecule has 2 aromatic rings. The van der Waals surface area contributed by atoms with Crippen LogP contribution in [-0.2, 0) is 0 Å². The maximum Gasteiger partial charge on any atom is 0.161 e. The van der Waals surface area contributed by atoms with Gasteiger partial charge in [-0.25, -0.2) is 4.68 Å². The third-order valence-corrected chi connectivity index (χ3v) is 2.77. The van der Waals surface area contributed by atoms with Gasteiger partial charge in [-0.15, -0.1) is 10.2 Å². The molecule has 0 aliphatic rings. The van der Waals surface area contributed by atoms with Crippen LogP contribution in [0.25, 0.3) is 0 Å². The summed E-state index contributed by atoms with van der Waals surface area (Å²) in [5, 5.41) is 11.6. The molecule has 0 saturated carbocycles. The van der Waals surface area contributed by atoms with Crippen molar-refractivity contribution < 1.29 is 9.47 Å². The normalized spacial score (nSPS) is 11.0. The van der Waals surface area contributed by atoms with Crippen LogP contribution in [0.5, 0.6) is 11.5 Å². The van der Waals surface area contributed by atoms with Crippen LogP contribution in [0.4, 0.5) is 0 Å². The minimum atomic E-state index is 0.593. The Balaban J connectivity index is 2.11. The summed E-state index contributed by atoms with van der Waals surface area (Å²) in [5.74, 6) is 1.51. The van der Waals surface area contributed by atoms with Crippen LogP contribution < -0.4 is 9.47 Å². The second kappa shape index (κ2) is 8.04. The van der Waals surface area contributed by atoms with Crippen LogP contribution in [0.3, 0.4) is 0 Å². The summed E-state index contributed by atoms with van der Waals surface area (Å²) in [4.78, 5) is 0. The molecule has 0 N–H and O–H groups in total. The van der Waals surface area contributed by atoms with Gasteiger partial charge in [0.1, 0.15) is 12.7 Å². The number of rotatable bonds is 8. The molecule has 0 atom stereocenters. The van der Waals surface area contributed by atoms with Crippen molar-refractivity contribution in [1.29, 1.82) is 0 Å². The summed E-state index contributed by atoms with van der Waals surface area (Å²) in [7, 11) is 0. The molecule has 0 aliphatic heterocycles. The van der Waals surface area contributed by atoms with Crippen LogP contribution >= 0.6 is 0 Å². The highest BCUT2D eigenvalue weighted by Crippen LogP contribution is 2.28. The third kappa shape index (κ3) is 4.59. The molecule has 1 aromatic heterocycles. The van der Waals surface area contributed by atoms with Crippen molar-refractivity contribution in [2.45, 2.75) is 26.7 Å². The van der Waals surface area contributed by atoms with Gasteiger partial charge in [-0.05, 0) is 37.1 Å². The minimum absolute atomic E-state index is 0.593. The summed E-state index contributed by atoms with van der Waals surface area (Å²) >= 11 is 0. The van der Waals surface area contributed by atoms with E-state index in [1.54, 1.807) is 6.21 Å². The van der Waals surface area contributed by atoms with E-state index in [2.05, 4.69) is 22.2 Å². The van der Waals surface area contributed by atoms with Crippen LogP contribution in [-0.4, -0.2) is 34.3 Å². The molecule has 1 aromatic carbocycles. The summed E-state index contributed by atoms with van der Waals surface area (Å²) in [6.45, 7) is 5.38. The molecule has 0 spiro atoms. The highest BCUT2D eigenvalue weighted by atomic mass is 16.5. The Hall–Kier alpha value is -2.37. The van der Waals surface area contributed by atoms with Gasteiger partial charge in [-0.3, -0.25) is 0 Å². The van der Waals surface area contributed by atoms with Crippen molar-refractivity contribution in [3.63, 3.8) is 0 Å². The third-order valence-electron chi connectivity index (χ3n) is 2.77. The van der Waals surface area contributed by atoms with E-state index < -0.39 is 0 Å². The SMILES string of the molecule is CCCCOc1ccc(/C=N\n2cnnc2)cc1OCC. The highest BCUT2D eigenvalue weighted by Gasteiger charge is 2.05. The number of unbranched alkanes of at least 4 members (excludes halogenated alkanes) is 1. The van der Waals surface area contributed by atoms with Crippen molar-refractivity contribution in [1.82, 2.24) is 14.9 Å². The van der Waals surface area contributed by atoms with Crippen molar-refractivity contribution >= 4 is 6.21 Å². The molecule has 1 heterocycles. The Kier molecular flexibility index (Phi) is 5.75. The lowest BCUT2D eigenvalue weighted by atomic mass is 10.2. The van der Waals surface area contributed by atoms with Crippen molar-refractivity contribution in [3.05, 3.63) is 36.4 Å². The zero-order chi connectivity index (χ0) is 14.9. The zero-order valence-corrected chi connectivity index (χ0v) is 12.4. The molecule has 0 saturated heterocycles. The Bertz CT molecular complexity index is 567. The lowest BCUT2D eigenvalue weighted by molar-refractivity contribution is 0.272. The Morgan fingerprint density at radius 2 is 1.95 bits per heavy atom. The smallest absolute Gasteiger partial charge is 0.161 e. The molecule has 2 rings (SSSR count). The fraction of sp³-hybridized carbons (Fsp3) is 0.400. The minimum Gasteiger partial charge on any atom is -0.490 e. The van der Waals surface area contributed by atoms with Crippen LogP contribution in [0.15, 0.2) is 36.0 Å². The van der Waals surface area contributed by atoms with E-state index in [0.29, 0.717) is 13.2 Å². The molecule has 0 amide bonds. The van der Waals surface area contributed by atoms with Gasteiger partial charge >= 0.3 is 0 Å². The quantitative estimate of drug-likeness (QED) is 0.553. The fourth-order valence-corrected chi connectivity index (χ4v) is 1.71. The number of ether oxygens (including phenoxy) is 2. The second-order valence-corrected chi connectivity index (χ2v) is 4.43. The van der Waals surface area contributed by atoms with E-state index in [1.807, 2.05) is 25.1 Å². The van der Waals surface area contributed by atoms with Gasteiger partial charge in [0.15, 0.2) is 11.5 Å². The first-order valence-electron chi connectivity index (χ1n) is 7.12. The first kappa shape index (κ1) is 15.0. The van der Waals surface area contributed by atoms with Crippen LogP contribution in [0, 0.1) is 0 Å². The second-order valence-electron chi connectivity index (χ2n) is 4.43. The molecule has 0 bridgehead atoms. The molecule has 21 heavy (non-hydrogen) atoms. The van der Waals surface area contributed by atoms with E-state index in [9.17, 15) is 0 Å². The van der Waals surface area contributed by atoms with Gasteiger partial charge in [0.2, 0.25) is 0 Å². The predicted molar refractivity (Wildman–Crippen MR) is 81.0 cm³/mol. The monoisotopic (exact) mass is 288 g/mol. The van der Waals surface area contributed by atoms with Gasteiger partial charge in [0.25, 0.3) is 0 Å². The molecule has 6 heteroatoms. The summed E-state index contributed by atoms with van der Waals surface area (Å²) in [6, 6.07) is 5.77. The first-order valence-corrected chi connectivity index (χ1v) is 7.12. The van der Waals surface area contributed by atoms with Crippen molar-refractivity contribution in [2.75, 3.05) is 13.2 Å². The maximum atomic E-state index is 5.74. The summed E-state index contributed by atoms with van der Waals surface area (Å²) in [6.07, 6.45) is 6.92. The Labute approximate surface area is 124 Å². The van der Waals surface area contributed by atoms with Crippen LogP contribution in [0.2, 0.25) is 0 Å². The Morgan fingerprint density at radius 3 is 2.67 bits per heavy atom. The van der Waals surface area contributed by atoms with Crippen molar-refractivity contribution in [2.24, 2.45) is 5.10 Å². The Morgan fingerprint density at radius 1 is 1.14 bits per heavy atom. The average molecular weight is 288 g/mol. The molecule has 0 radical (unpaired) electrons. The highest BCUT2D eigenvalue weighted by molar-refractivity contribution is 5.80. The largest absolute Gasteiger partial charge is 0.490 e. The molecule has 0 unspecified atom stereocenters. The molecular formula is C15H20N4O2.